The summed E-state index contributed by atoms with van der Waals surface area (Å²) in [6.45, 7) is 0.102. The van der Waals surface area contributed by atoms with Gasteiger partial charge in [-0.1, -0.05) is 72.8 Å². The van der Waals surface area contributed by atoms with Crippen LogP contribution in [0.3, 0.4) is 0 Å². The van der Waals surface area contributed by atoms with Crippen molar-refractivity contribution in [1.82, 2.24) is 0 Å². The molecule has 1 aliphatic heterocycles. The van der Waals surface area contributed by atoms with Crippen molar-refractivity contribution in [3.8, 4) is 0 Å². The summed E-state index contributed by atoms with van der Waals surface area (Å²) in [5.41, 5.74) is 2.67. The summed E-state index contributed by atoms with van der Waals surface area (Å²) >= 11 is 0. The van der Waals surface area contributed by atoms with Crippen molar-refractivity contribution >= 4 is 28.7 Å². The zero-order valence-corrected chi connectivity index (χ0v) is 19.4. The van der Waals surface area contributed by atoms with Gasteiger partial charge in [-0.15, -0.1) is 0 Å². The number of carboxylic acid groups (broad SMARTS) is 1. The molecule has 4 nitrogen and oxygen atoms in total. The van der Waals surface area contributed by atoms with E-state index in [0.717, 1.165) is 12.1 Å². The lowest BCUT2D eigenvalue weighted by molar-refractivity contribution is -0.137. The summed E-state index contributed by atoms with van der Waals surface area (Å²) in [6, 6.07) is 27.2. The minimum atomic E-state index is -4.54. The van der Waals surface area contributed by atoms with Gasteiger partial charge in [-0.2, -0.15) is 13.2 Å². The fraction of sp³-hybridized carbons (Fsp3) is 0.0667. The first-order valence-corrected chi connectivity index (χ1v) is 11.4. The molecule has 7 heteroatoms. The van der Waals surface area contributed by atoms with Crippen molar-refractivity contribution < 1.29 is 27.9 Å². The van der Waals surface area contributed by atoms with Crippen molar-refractivity contribution in [3.63, 3.8) is 0 Å². The monoisotopic (exact) mass is 499 g/mol. The number of carboxylic acids is 1. The number of nitrogens with zero attached hydrogens (tertiary/aromatic N) is 1. The molecule has 0 radical (unpaired) electrons. The molecule has 4 aromatic carbocycles. The first-order valence-electron chi connectivity index (χ1n) is 11.4. The normalized spacial score (nSPS) is 14.5. The van der Waals surface area contributed by atoms with Gasteiger partial charge in [0.15, 0.2) is 0 Å². The maximum Gasteiger partial charge on any atom is 0.416 e. The smallest absolute Gasteiger partial charge is 0.416 e. The van der Waals surface area contributed by atoms with Crippen LogP contribution in [0.5, 0.6) is 0 Å². The van der Waals surface area contributed by atoms with Gasteiger partial charge in [-0.05, 0) is 47.0 Å². The number of carbonyl (C=O) groups is 2. The number of hydrogen-bond acceptors (Lipinski definition) is 2. The average molecular weight is 499 g/mol. The Hall–Kier alpha value is -4.65. The molecule has 0 bridgehead atoms. The molecule has 4 aromatic rings. The molecule has 0 atom stereocenters. The first-order chi connectivity index (χ1) is 17.7. The van der Waals surface area contributed by atoms with Crippen LogP contribution in [0.2, 0.25) is 0 Å². The molecule has 1 N–H and O–H groups in total. The molecule has 0 saturated carbocycles. The molecule has 0 fully saturated rings. The molecule has 1 heterocycles. The highest BCUT2D eigenvalue weighted by Crippen LogP contribution is 2.44. The van der Waals surface area contributed by atoms with E-state index in [2.05, 4.69) is 0 Å². The average Bonchev–Trinajstić information content (AvgIpc) is 3.16. The Bertz CT molecular complexity index is 1540. The fourth-order valence-electron chi connectivity index (χ4n) is 4.58. The molecule has 184 valence electrons. The van der Waals surface area contributed by atoms with E-state index in [4.69, 9.17) is 0 Å². The summed E-state index contributed by atoms with van der Waals surface area (Å²) in [5.74, 6) is -1.45. The van der Waals surface area contributed by atoms with E-state index in [-0.39, 0.29) is 29.2 Å². The molecule has 0 unspecified atom stereocenters. The van der Waals surface area contributed by atoms with Crippen molar-refractivity contribution in [2.24, 2.45) is 0 Å². The second-order valence-corrected chi connectivity index (χ2v) is 8.61. The number of para-hydroxylation sites is 1. The Morgan fingerprint density at radius 3 is 2.14 bits per heavy atom. The molecule has 0 aromatic heterocycles. The van der Waals surface area contributed by atoms with Crippen LogP contribution >= 0.6 is 0 Å². The maximum atomic E-state index is 14.0. The Labute approximate surface area is 210 Å². The van der Waals surface area contributed by atoms with E-state index < -0.39 is 17.7 Å². The van der Waals surface area contributed by atoms with Gasteiger partial charge in [0, 0.05) is 11.1 Å². The van der Waals surface area contributed by atoms with Crippen LogP contribution in [-0.4, -0.2) is 17.0 Å². The van der Waals surface area contributed by atoms with E-state index in [1.807, 2.05) is 0 Å². The van der Waals surface area contributed by atoms with Gasteiger partial charge in [0.1, 0.15) is 0 Å². The van der Waals surface area contributed by atoms with Crippen molar-refractivity contribution in [2.45, 2.75) is 12.7 Å². The van der Waals surface area contributed by atoms with E-state index in [0.29, 0.717) is 28.0 Å². The van der Waals surface area contributed by atoms with Gasteiger partial charge in [-0.25, -0.2) is 4.79 Å². The molecule has 0 spiro atoms. The minimum absolute atomic E-state index is 0.0992. The largest absolute Gasteiger partial charge is 0.478 e. The number of benzene rings is 4. The van der Waals surface area contributed by atoms with E-state index in [1.165, 1.54) is 23.1 Å². The molecule has 0 saturated heterocycles. The highest BCUT2D eigenvalue weighted by atomic mass is 19.4. The molecule has 0 aliphatic carbocycles. The summed E-state index contributed by atoms with van der Waals surface area (Å²) in [5, 5.41) is 9.36. The number of carbonyl (C=O) groups excluding carboxylic acids is 1. The maximum absolute atomic E-state index is 14.0. The van der Waals surface area contributed by atoms with Gasteiger partial charge in [-0.3, -0.25) is 4.79 Å². The highest BCUT2D eigenvalue weighted by Gasteiger charge is 2.36. The lowest BCUT2D eigenvalue weighted by Gasteiger charge is -2.18. The fourth-order valence-corrected chi connectivity index (χ4v) is 4.58. The van der Waals surface area contributed by atoms with Gasteiger partial charge in [0.05, 0.1) is 28.9 Å². The predicted octanol–water partition coefficient (Wildman–Crippen LogP) is 6.91. The van der Waals surface area contributed by atoms with Crippen LogP contribution in [0.25, 0.3) is 11.1 Å². The summed E-state index contributed by atoms with van der Waals surface area (Å²) < 4.78 is 40.8. The number of hydrogen-bond donors (Lipinski definition) is 1. The zero-order valence-electron chi connectivity index (χ0n) is 19.4. The van der Waals surface area contributed by atoms with Crippen LogP contribution in [0.15, 0.2) is 103 Å². The lowest BCUT2D eigenvalue weighted by atomic mass is 9.89. The Morgan fingerprint density at radius 2 is 1.41 bits per heavy atom. The number of aromatic carboxylic acids is 1. The third-order valence-corrected chi connectivity index (χ3v) is 6.23. The van der Waals surface area contributed by atoms with Crippen LogP contribution in [-0.2, 0) is 17.5 Å². The molecule has 37 heavy (non-hydrogen) atoms. The Balaban J connectivity index is 1.71. The summed E-state index contributed by atoms with van der Waals surface area (Å²) in [4.78, 5) is 27.0. The van der Waals surface area contributed by atoms with Crippen LogP contribution in [0, 0.1) is 0 Å². The molecule has 1 aliphatic rings. The van der Waals surface area contributed by atoms with Crippen LogP contribution in [0.1, 0.15) is 38.2 Å². The number of rotatable bonds is 5. The molecular formula is C30H20F3NO3. The van der Waals surface area contributed by atoms with Crippen LogP contribution in [0.4, 0.5) is 18.9 Å². The molecular weight excluding hydrogens is 479 g/mol. The van der Waals surface area contributed by atoms with Crippen molar-refractivity contribution in [3.05, 3.63) is 137 Å². The topological polar surface area (TPSA) is 57.6 Å². The number of alkyl halides is 3. The van der Waals surface area contributed by atoms with E-state index in [9.17, 15) is 27.9 Å². The number of halogens is 3. The standard InChI is InChI=1S/C30H20F3NO3/c31-30(32,33)23-13-7-11-21(17-23)26(20-9-2-1-3-10-20)27-24-14-4-5-15-25(24)34(28(27)35)18-19-8-6-12-22(16-19)29(36)37/h1-17H,18H2,(H,36,37). The molecule has 5 rings (SSSR count). The number of fused-ring (bicyclic) bond motifs is 1. The second-order valence-electron chi connectivity index (χ2n) is 8.61. The summed E-state index contributed by atoms with van der Waals surface area (Å²) in [6.07, 6.45) is -4.54. The lowest BCUT2D eigenvalue weighted by Crippen LogP contribution is -2.26. The van der Waals surface area contributed by atoms with Crippen LogP contribution < -0.4 is 4.90 Å². The van der Waals surface area contributed by atoms with Gasteiger partial charge in [0.2, 0.25) is 0 Å². The predicted molar refractivity (Wildman–Crippen MR) is 135 cm³/mol. The highest BCUT2D eigenvalue weighted by molar-refractivity contribution is 6.38. The first kappa shape index (κ1) is 24.1. The second kappa shape index (κ2) is 9.43. The van der Waals surface area contributed by atoms with E-state index in [1.54, 1.807) is 72.8 Å². The number of amides is 1. The Morgan fingerprint density at radius 1 is 0.757 bits per heavy atom. The van der Waals surface area contributed by atoms with Crippen molar-refractivity contribution in [1.29, 1.82) is 0 Å². The van der Waals surface area contributed by atoms with E-state index >= 15 is 0 Å². The van der Waals surface area contributed by atoms with Gasteiger partial charge >= 0.3 is 12.1 Å². The quantitative estimate of drug-likeness (QED) is 0.304. The third kappa shape index (κ3) is 4.63. The van der Waals surface area contributed by atoms with Crippen molar-refractivity contribution in [2.75, 3.05) is 4.90 Å². The third-order valence-electron chi connectivity index (χ3n) is 6.23. The van der Waals surface area contributed by atoms with Gasteiger partial charge in [0.25, 0.3) is 5.91 Å². The minimum Gasteiger partial charge on any atom is -0.478 e. The number of anilines is 1. The zero-order chi connectivity index (χ0) is 26.2. The Kier molecular flexibility index (Phi) is 6.13. The molecule has 1 amide bonds. The SMILES string of the molecule is O=C(O)c1cccc(CN2C(=O)C(=C(c3ccccc3)c3cccc(C(F)(F)F)c3)c3ccccc32)c1. The van der Waals surface area contributed by atoms with Gasteiger partial charge < -0.3 is 10.0 Å². The summed E-state index contributed by atoms with van der Waals surface area (Å²) in [7, 11) is 0.